The predicted molar refractivity (Wildman–Crippen MR) is 75.1 cm³/mol. The summed E-state index contributed by atoms with van der Waals surface area (Å²) in [6.07, 6.45) is 0. The van der Waals surface area contributed by atoms with Crippen LogP contribution in [-0.4, -0.2) is 16.8 Å². The average Bonchev–Trinajstić information content (AvgIpc) is 2.47. The summed E-state index contributed by atoms with van der Waals surface area (Å²) in [5.74, 6) is 0. The third-order valence-electron chi connectivity index (χ3n) is 2.57. The van der Waals surface area contributed by atoms with E-state index in [9.17, 15) is 16.8 Å². The van der Waals surface area contributed by atoms with Gasteiger partial charge in [-0.3, -0.25) is 0 Å². The van der Waals surface area contributed by atoms with Crippen LogP contribution in [0.1, 0.15) is 5.56 Å². The van der Waals surface area contributed by atoms with Gasteiger partial charge in [-0.25, -0.2) is 16.8 Å². The molecule has 0 bridgehead atoms. The average molecular weight is 322 g/mol. The van der Waals surface area contributed by atoms with E-state index in [1.807, 2.05) is 0 Å². The Morgan fingerprint density at radius 3 is 2.00 bits per heavy atom. The molecule has 0 aromatic heterocycles. The van der Waals surface area contributed by atoms with E-state index >= 15 is 0 Å². The molecule has 0 fully saturated rings. The van der Waals surface area contributed by atoms with Crippen molar-refractivity contribution < 1.29 is 16.8 Å². The van der Waals surface area contributed by atoms with Gasteiger partial charge in [0.15, 0.2) is 0 Å². The summed E-state index contributed by atoms with van der Waals surface area (Å²) in [6.45, 7) is 0. The van der Waals surface area contributed by atoms with Gasteiger partial charge < -0.3 is 0 Å². The van der Waals surface area contributed by atoms with Crippen molar-refractivity contribution in [1.29, 1.82) is 5.26 Å². The smallest absolute Gasteiger partial charge is 0.206 e. The highest BCUT2D eigenvalue weighted by molar-refractivity contribution is 8.04. The van der Waals surface area contributed by atoms with E-state index in [0.29, 0.717) is 0 Å². The molecule has 0 aliphatic heterocycles. The number of hydrogen-bond donors (Lipinski definition) is 1. The van der Waals surface area contributed by atoms with Gasteiger partial charge in [0.25, 0.3) is 20.0 Å². The molecule has 0 amide bonds. The molecule has 0 radical (unpaired) electrons. The van der Waals surface area contributed by atoms with Crippen LogP contribution in [0.5, 0.6) is 0 Å². The molecule has 2 aromatic carbocycles. The Balaban J connectivity index is 2.46. The first-order valence-corrected chi connectivity index (χ1v) is 8.66. The Labute approximate surface area is 122 Å². The minimum Gasteiger partial charge on any atom is -0.206 e. The first kappa shape index (κ1) is 15.2. The van der Waals surface area contributed by atoms with E-state index in [4.69, 9.17) is 5.26 Å². The molecule has 0 spiro atoms. The fourth-order valence-corrected chi connectivity index (χ4v) is 4.71. The maximum absolute atomic E-state index is 12.2. The molecule has 2 aromatic rings. The Hall–Kier alpha value is -2.21. The minimum atomic E-state index is -4.37. The van der Waals surface area contributed by atoms with Gasteiger partial charge in [0.05, 0.1) is 10.5 Å². The molecule has 0 unspecified atom stereocenters. The Morgan fingerprint density at radius 2 is 1.38 bits per heavy atom. The molecule has 0 saturated heterocycles. The van der Waals surface area contributed by atoms with Crippen LogP contribution in [0.25, 0.3) is 0 Å². The second kappa shape index (κ2) is 5.65. The van der Waals surface area contributed by atoms with Crippen molar-refractivity contribution in [1.82, 2.24) is 4.13 Å². The van der Waals surface area contributed by atoms with E-state index in [2.05, 4.69) is 0 Å². The Kier molecular flexibility index (Phi) is 4.09. The first-order valence-electron chi connectivity index (χ1n) is 5.69. The van der Waals surface area contributed by atoms with Crippen LogP contribution in [0.2, 0.25) is 0 Å². The van der Waals surface area contributed by atoms with Crippen molar-refractivity contribution in [2.45, 2.75) is 9.79 Å². The molecule has 8 heteroatoms. The van der Waals surface area contributed by atoms with Crippen LogP contribution in [0, 0.1) is 11.3 Å². The molecule has 0 aliphatic rings. The summed E-state index contributed by atoms with van der Waals surface area (Å²) in [7, 11) is -8.61. The highest BCUT2D eigenvalue weighted by atomic mass is 32.3. The SMILES string of the molecule is N#Cc1ccccc1S(=O)(=O)NS(=O)(=O)c1ccccc1. The highest BCUT2D eigenvalue weighted by Gasteiger charge is 2.26. The molecular formula is C13H10N2O4S2. The van der Waals surface area contributed by atoms with Crippen molar-refractivity contribution in [3.05, 3.63) is 60.2 Å². The monoisotopic (exact) mass is 322 g/mol. The molecule has 0 heterocycles. The van der Waals surface area contributed by atoms with Crippen molar-refractivity contribution in [3.8, 4) is 6.07 Å². The van der Waals surface area contributed by atoms with Gasteiger partial charge in [0.1, 0.15) is 11.0 Å². The quantitative estimate of drug-likeness (QED) is 0.911. The summed E-state index contributed by atoms with van der Waals surface area (Å²) >= 11 is 0. The zero-order valence-electron chi connectivity index (χ0n) is 10.6. The van der Waals surface area contributed by atoms with E-state index in [-0.39, 0.29) is 15.4 Å². The molecule has 0 atom stereocenters. The van der Waals surface area contributed by atoms with E-state index in [1.165, 1.54) is 48.5 Å². The maximum Gasteiger partial charge on any atom is 0.255 e. The fraction of sp³-hybridized carbons (Fsp3) is 0. The maximum atomic E-state index is 12.2. The van der Waals surface area contributed by atoms with Crippen LogP contribution >= 0.6 is 0 Å². The fourth-order valence-electron chi connectivity index (χ4n) is 1.63. The van der Waals surface area contributed by atoms with Crippen LogP contribution in [0.4, 0.5) is 0 Å². The Bertz CT molecular complexity index is 899. The second-order valence-corrected chi connectivity index (χ2v) is 7.60. The highest BCUT2D eigenvalue weighted by Crippen LogP contribution is 2.17. The minimum absolute atomic E-state index is 0.131. The van der Waals surface area contributed by atoms with Crippen molar-refractivity contribution in [2.75, 3.05) is 0 Å². The number of nitriles is 1. The lowest BCUT2D eigenvalue weighted by Gasteiger charge is -2.08. The van der Waals surface area contributed by atoms with Gasteiger partial charge in [-0.1, -0.05) is 30.3 Å². The van der Waals surface area contributed by atoms with Crippen LogP contribution in [0.3, 0.4) is 0 Å². The lowest BCUT2D eigenvalue weighted by molar-refractivity contribution is 0.577. The molecule has 0 aliphatic carbocycles. The zero-order chi connectivity index (χ0) is 15.5. The van der Waals surface area contributed by atoms with Gasteiger partial charge in [-0.15, -0.1) is 4.13 Å². The second-order valence-electron chi connectivity index (χ2n) is 4.01. The molecule has 108 valence electrons. The summed E-state index contributed by atoms with van der Waals surface area (Å²) in [4.78, 5) is -0.560. The van der Waals surface area contributed by atoms with Crippen LogP contribution in [-0.2, 0) is 20.0 Å². The predicted octanol–water partition coefficient (Wildman–Crippen LogP) is 1.23. The molecule has 2 rings (SSSR count). The van der Waals surface area contributed by atoms with Gasteiger partial charge in [0.2, 0.25) is 0 Å². The summed E-state index contributed by atoms with van der Waals surface area (Å²) in [6, 6.07) is 14.2. The molecule has 6 nitrogen and oxygen atoms in total. The van der Waals surface area contributed by atoms with E-state index in [1.54, 1.807) is 16.3 Å². The van der Waals surface area contributed by atoms with Crippen LogP contribution < -0.4 is 4.13 Å². The Morgan fingerprint density at radius 1 is 0.810 bits per heavy atom. The summed E-state index contributed by atoms with van der Waals surface area (Å²) < 4.78 is 50.0. The standard InChI is InChI=1S/C13H10N2O4S2/c14-10-11-6-4-5-9-13(11)21(18,19)15-20(16,17)12-7-2-1-3-8-12/h1-9,15H. The number of rotatable bonds is 4. The largest absolute Gasteiger partial charge is 0.255 e. The molecular weight excluding hydrogens is 312 g/mol. The lowest BCUT2D eigenvalue weighted by atomic mass is 10.2. The number of hydrogen-bond acceptors (Lipinski definition) is 5. The van der Waals surface area contributed by atoms with Crippen LogP contribution in [0.15, 0.2) is 64.4 Å². The van der Waals surface area contributed by atoms with Crippen molar-refractivity contribution in [2.24, 2.45) is 0 Å². The third kappa shape index (κ3) is 3.28. The van der Waals surface area contributed by atoms with Gasteiger partial charge in [-0.2, -0.15) is 5.26 Å². The first-order chi connectivity index (χ1) is 9.87. The molecule has 0 saturated carbocycles. The lowest BCUT2D eigenvalue weighted by Crippen LogP contribution is -2.31. The van der Waals surface area contributed by atoms with E-state index in [0.717, 1.165) is 0 Å². The van der Waals surface area contributed by atoms with Crippen molar-refractivity contribution >= 4 is 20.0 Å². The zero-order valence-corrected chi connectivity index (χ0v) is 12.2. The molecule has 21 heavy (non-hydrogen) atoms. The number of benzene rings is 2. The number of nitrogens with one attached hydrogen (secondary N) is 1. The topological polar surface area (TPSA) is 104 Å². The van der Waals surface area contributed by atoms with Gasteiger partial charge >= 0.3 is 0 Å². The number of nitrogens with zero attached hydrogens (tertiary/aromatic N) is 1. The summed E-state index contributed by atoms with van der Waals surface area (Å²) in [5, 5.41) is 8.91. The van der Waals surface area contributed by atoms with E-state index < -0.39 is 20.0 Å². The summed E-state index contributed by atoms with van der Waals surface area (Å²) in [5.41, 5.74) is -0.131. The third-order valence-corrected chi connectivity index (χ3v) is 6.15. The van der Waals surface area contributed by atoms with Crippen molar-refractivity contribution in [3.63, 3.8) is 0 Å². The molecule has 1 N–H and O–H groups in total. The van der Waals surface area contributed by atoms with Gasteiger partial charge in [0, 0.05) is 0 Å². The number of sulfonamides is 2. The van der Waals surface area contributed by atoms with Gasteiger partial charge in [-0.05, 0) is 24.3 Å². The normalized spacial score (nSPS) is 11.8.